The van der Waals surface area contributed by atoms with Crippen molar-refractivity contribution in [3.8, 4) is 0 Å². The van der Waals surface area contributed by atoms with Crippen LogP contribution in [0.15, 0.2) is 0 Å². The van der Waals surface area contributed by atoms with Gasteiger partial charge in [0.25, 0.3) is 0 Å². The Kier molecular flexibility index (Phi) is 4.14. The molecule has 2 aliphatic rings. The molecule has 1 atom stereocenters. The first kappa shape index (κ1) is 13.4. The van der Waals surface area contributed by atoms with Gasteiger partial charge in [-0.1, -0.05) is 27.7 Å². The highest BCUT2D eigenvalue weighted by Crippen LogP contribution is 2.54. The maximum absolute atomic E-state index is 2.72. The van der Waals surface area contributed by atoms with E-state index in [1.165, 1.54) is 52.1 Å². The van der Waals surface area contributed by atoms with Crippen molar-refractivity contribution < 1.29 is 0 Å². The van der Waals surface area contributed by atoms with E-state index in [0.29, 0.717) is 5.41 Å². The Morgan fingerprint density at radius 2 is 1.47 bits per heavy atom. The molecule has 0 aromatic carbocycles. The average Bonchev–Trinajstić information content (AvgIpc) is 3.10. The van der Waals surface area contributed by atoms with Gasteiger partial charge in [0, 0.05) is 32.7 Å². The first-order valence-corrected chi connectivity index (χ1v) is 7.52. The van der Waals surface area contributed by atoms with Crippen LogP contribution in [-0.2, 0) is 0 Å². The molecule has 2 heteroatoms. The molecule has 0 bridgehead atoms. The van der Waals surface area contributed by atoms with Crippen molar-refractivity contribution in [2.45, 2.75) is 40.5 Å². The minimum absolute atomic E-state index is 0.683. The Hall–Kier alpha value is -0.0800. The third-order valence-corrected chi connectivity index (χ3v) is 5.31. The first-order chi connectivity index (χ1) is 8.07. The fourth-order valence-electron chi connectivity index (χ4n) is 3.33. The van der Waals surface area contributed by atoms with Crippen LogP contribution in [0.4, 0.5) is 0 Å². The van der Waals surface area contributed by atoms with Crippen LogP contribution < -0.4 is 0 Å². The van der Waals surface area contributed by atoms with Crippen LogP contribution in [0.5, 0.6) is 0 Å². The van der Waals surface area contributed by atoms with Crippen molar-refractivity contribution in [2.24, 2.45) is 17.3 Å². The zero-order valence-electron chi connectivity index (χ0n) is 12.2. The van der Waals surface area contributed by atoms with E-state index in [4.69, 9.17) is 0 Å². The highest BCUT2D eigenvalue weighted by molar-refractivity contribution is 5.00. The van der Waals surface area contributed by atoms with Gasteiger partial charge in [-0.15, -0.1) is 0 Å². The van der Waals surface area contributed by atoms with Gasteiger partial charge in [-0.25, -0.2) is 0 Å². The summed E-state index contributed by atoms with van der Waals surface area (Å²) in [7, 11) is 0. The molecule has 0 aromatic heterocycles. The summed E-state index contributed by atoms with van der Waals surface area (Å²) in [5, 5.41) is 0. The number of hydrogen-bond acceptors (Lipinski definition) is 2. The molecule has 0 spiro atoms. The molecule has 1 heterocycles. The van der Waals surface area contributed by atoms with Crippen molar-refractivity contribution in [1.29, 1.82) is 0 Å². The summed E-state index contributed by atoms with van der Waals surface area (Å²) in [6, 6.07) is 0. The van der Waals surface area contributed by atoms with Crippen LogP contribution in [-0.4, -0.2) is 49.1 Å². The Balaban J connectivity index is 1.82. The van der Waals surface area contributed by atoms with Gasteiger partial charge in [-0.2, -0.15) is 0 Å². The summed E-state index contributed by atoms with van der Waals surface area (Å²) in [6.07, 6.45) is 2.95. The fourth-order valence-corrected chi connectivity index (χ4v) is 3.33. The highest BCUT2D eigenvalue weighted by atomic mass is 15.3. The second-order valence-corrected chi connectivity index (χ2v) is 6.61. The molecule has 100 valence electrons. The number of piperazine rings is 1. The standard InChI is InChI=1S/C15H30N2/c1-5-16-8-10-17(11-9-16)12-15(6-7-15)14(4)13(2)3/h13-14H,5-12H2,1-4H3. The lowest BCUT2D eigenvalue weighted by Crippen LogP contribution is -2.48. The van der Waals surface area contributed by atoms with E-state index < -0.39 is 0 Å². The van der Waals surface area contributed by atoms with E-state index >= 15 is 0 Å². The maximum atomic E-state index is 2.72. The zero-order valence-corrected chi connectivity index (χ0v) is 12.2. The zero-order chi connectivity index (χ0) is 12.5. The van der Waals surface area contributed by atoms with Crippen LogP contribution in [0.2, 0.25) is 0 Å². The molecule has 0 radical (unpaired) electrons. The molecule has 1 saturated carbocycles. The van der Waals surface area contributed by atoms with E-state index in [1.807, 2.05) is 0 Å². The minimum Gasteiger partial charge on any atom is -0.301 e. The Morgan fingerprint density at radius 1 is 0.941 bits per heavy atom. The smallest absolute Gasteiger partial charge is 0.0110 e. The molecular formula is C15H30N2. The first-order valence-electron chi connectivity index (χ1n) is 7.52. The second-order valence-electron chi connectivity index (χ2n) is 6.61. The van der Waals surface area contributed by atoms with Crippen LogP contribution in [0.3, 0.4) is 0 Å². The summed E-state index contributed by atoms with van der Waals surface area (Å²) in [5.41, 5.74) is 0.683. The second kappa shape index (κ2) is 5.27. The summed E-state index contributed by atoms with van der Waals surface area (Å²) >= 11 is 0. The molecule has 1 saturated heterocycles. The van der Waals surface area contributed by atoms with E-state index in [-0.39, 0.29) is 0 Å². The van der Waals surface area contributed by atoms with Gasteiger partial charge in [-0.05, 0) is 36.6 Å². The number of hydrogen-bond donors (Lipinski definition) is 0. The Morgan fingerprint density at radius 3 is 1.88 bits per heavy atom. The van der Waals surface area contributed by atoms with Crippen LogP contribution in [0.1, 0.15) is 40.5 Å². The van der Waals surface area contributed by atoms with Gasteiger partial charge in [-0.3, -0.25) is 0 Å². The van der Waals surface area contributed by atoms with Gasteiger partial charge in [0.15, 0.2) is 0 Å². The van der Waals surface area contributed by atoms with Crippen molar-refractivity contribution >= 4 is 0 Å². The summed E-state index contributed by atoms with van der Waals surface area (Å²) in [5.74, 6) is 1.74. The molecular weight excluding hydrogens is 208 g/mol. The monoisotopic (exact) mass is 238 g/mol. The molecule has 17 heavy (non-hydrogen) atoms. The van der Waals surface area contributed by atoms with Gasteiger partial charge >= 0.3 is 0 Å². The third-order valence-electron chi connectivity index (χ3n) is 5.31. The highest BCUT2D eigenvalue weighted by Gasteiger charge is 2.48. The Bertz CT molecular complexity index is 237. The SMILES string of the molecule is CCN1CCN(CC2(C(C)C(C)C)CC2)CC1. The molecule has 2 nitrogen and oxygen atoms in total. The molecule has 1 aliphatic heterocycles. The van der Waals surface area contributed by atoms with Crippen molar-refractivity contribution in [1.82, 2.24) is 9.80 Å². The molecule has 0 N–H and O–H groups in total. The largest absolute Gasteiger partial charge is 0.301 e. The fraction of sp³-hybridized carbons (Fsp3) is 1.00. The molecule has 2 rings (SSSR count). The summed E-state index contributed by atoms with van der Waals surface area (Å²) in [6.45, 7) is 17.3. The van der Waals surface area contributed by atoms with Crippen molar-refractivity contribution in [3.63, 3.8) is 0 Å². The van der Waals surface area contributed by atoms with Gasteiger partial charge in [0.05, 0.1) is 0 Å². The molecule has 1 aliphatic carbocycles. The summed E-state index contributed by atoms with van der Waals surface area (Å²) in [4.78, 5) is 5.29. The predicted molar refractivity (Wildman–Crippen MR) is 74.2 cm³/mol. The third kappa shape index (κ3) is 3.03. The Labute approximate surface area is 107 Å². The summed E-state index contributed by atoms with van der Waals surface area (Å²) < 4.78 is 0. The van der Waals surface area contributed by atoms with Crippen molar-refractivity contribution in [3.05, 3.63) is 0 Å². The molecule has 0 amide bonds. The lowest BCUT2D eigenvalue weighted by atomic mass is 9.81. The quantitative estimate of drug-likeness (QED) is 0.726. The number of likely N-dealkylation sites (N-methyl/N-ethyl adjacent to an activating group) is 1. The van der Waals surface area contributed by atoms with Crippen LogP contribution in [0.25, 0.3) is 0 Å². The lowest BCUT2D eigenvalue weighted by molar-refractivity contribution is 0.0938. The molecule has 0 aromatic rings. The lowest BCUT2D eigenvalue weighted by Gasteiger charge is -2.38. The average molecular weight is 238 g/mol. The van der Waals surface area contributed by atoms with E-state index in [1.54, 1.807) is 0 Å². The van der Waals surface area contributed by atoms with Gasteiger partial charge in [0.2, 0.25) is 0 Å². The normalized spacial score (nSPS) is 27.4. The molecule has 2 fully saturated rings. The van der Waals surface area contributed by atoms with Crippen LogP contribution >= 0.6 is 0 Å². The van der Waals surface area contributed by atoms with Crippen molar-refractivity contribution in [2.75, 3.05) is 39.3 Å². The van der Waals surface area contributed by atoms with E-state index in [0.717, 1.165) is 11.8 Å². The van der Waals surface area contributed by atoms with Crippen LogP contribution in [0, 0.1) is 17.3 Å². The molecule has 1 unspecified atom stereocenters. The maximum Gasteiger partial charge on any atom is 0.0110 e. The van der Waals surface area contributed by atoms with Gasteiger partial charge < -0.3 is 9.80 Å². The van der Waals surface area contributed by atoms with E-state index in [2.05, 4.69) is 37.5 Å². The van der Waals surface area contributed by atoms with E-state index in [9.17, 15) is 0 Å². The predicted octanol–water partition coefficient (Wildman–Crippen LogP) is 2.70. The van der Waals surface area contributed by atoms with Gasteiger partial charge in [0.1, 0.15) is 0 Å². The minimum atomic E-state index is 0.683. The number of rotatable bonds is 5. The number of nitrogens with zero attached hydrogens (tertiary/aromatic N) is 2. The topological polar surface area (TPSA) is 6.48 Å².